The van der Waals surface area contributed by atoms with Crippen LogP contribution in [0.15, 0.2) is 12.1 Å². The fourth-order valence-corrected chi connectivity index (χ4v) is 1.50. The van der Waals surface area contributed by atoms with Crippen molar-refractivity contribution in [2.75, 3.05) is 25.6 Å². The number of carboxylic acids is 1. The third-order valence-corrected chi connectivity index (χ3v) is 2.44. The number of aromatic nitrogens is 1. The van der Waals surface area contributed by atoms with Gasteiger partial charge in [0.25, 0.3) is 0 Å². The van der Waals surface area contributed by atoms with E-state index in [0.717, 1.165) is 0 Å². The number of pyridine rings is 1. The molecule has 0 bridgehead atoms. The van der Waals surface area contributed by atoms with E-state index in [9.17, 15) is 4.79 Å². The van der Waals surface area contributed by atoms with Crippen molar-refractivity contribution in [3.05, 3.63) is 22.8 Å². The third kappa shape index (κ3) is 4.20. The third-order valence-electron chi connectivity index (χ3n) is 2.13. The van der Waals surface area contributed by atoms with Crippen LogP contribution in [0.2, 0.25) is 5.02 Å². The molecule has 1 atom stereocenters. The van der Waals surface area contributed by atoms with Crippen molar-refractivity contribution < 1.29 is 14.6 Å². The van der Waals surface area contributed by atoms with E-state index in [2.05, 4.69) is 10.3 Å². The Labute approximate surface area is 105 Å². The van der Waals surface area contributed by atoms with Gasteiger partial charge >= 0.3 is 5.97 Å². The maximum absolute atomic E-state index is 10.8. The Morgan fingerprint density at radius 2 is 2.35 bits per heavy atom. The van der Waals surface area contributed by atoms with Crippen LogP contribution in [-0.2, 0) is 4.74 Å². The first-order valence-electron chi connectivity index (χ1n) is 5.17. The predicted octanol–water partition coefficient (Wildman–Crippen LogP) is 2.13. The molecule has 1 aromatic heterocycles. The number of aromatic carboxylic acids is 1. The Kier molecular flexibility index (Phi) is 5.18. The van der Waals surface area contributed by atoms with Gasteiger partial charge in [-0.2, -0.15) is 0 Å². The van der Waals surface area contributed by atoms with Crippen LogP contribution in [0.3, 0.4) is 0 Å². The molecule has 0 saturated carbocycles. The van der Waals surface area contributed by atoms with Gasteiger partial charge in [0.1, 0.15) is 5.82 Å². The Bertz CT molecular complexity index is 398. The van der Waals surface area contributed by atoms with Gasteiger partial charge in [-0.1, -0.05) is 18.5 Å². The number of nitrogens with one attached hydrogen (secondary N) is 1. The number of anilines is 1. The van der Waals surface area contributed by atoms with Crippen molar-refractivity contribution in [2.45, 2.75) is 6.92 Å². The van der Waals surface area contributed by atoms with E-state index in [-0.39, 0.29) is 10.7 Å². The predicted molar refractivity (Wildman–Crippen MR) is 65.7 cm³/mol. The van der Waals surface area contributed by atoms with Crippen molar-refractivity contribution in [3.8, 4) is 0 Å². The number of hydrogen-bond donors (Lipinski definition) is 2. The molecular formula is C11H15ClN2O3. The minimum absolute atomic E-state index is 0.132. The fraction of sp³-hybridized carbons (Fsp3) is 0.455. The van der Waals surface area contributed by atoms with Gasteiger partial charge < -0.3 is 15.2 Å². The van der Waals surface area contributed by atoms with Crippen molar-refractivity contribution in [1.82, 2.24) is 4.98 Å². The molecule has 17 heavy (non-hydrogen) atoms. The standard InChI is InChI=1S/C11H15ClN2O3/c1-7(6-17-2)5-13-9-4-3-8(12)10(14-9)11(15)16/h3-4,7H,5-6H2,1-2H3,(H,13,14)(H,15,16). The maximum atomic E-state index is 10.8. The second-order valence-corrected chi connectivity index (χ2v) is 4.18. The van der Waals surface area contributed by atoms with Crippen LogP contribution in [-0.4, -0.2) is 36.3 Å². The van der Waals surface area contributed by atoms with E-state index in [4.69, 9.17) is 21.4 Å². The number of ether oxygens (including phenoxy) is 1. The van der Waals surface area contributed by atoms with Gasteiger partial charge in [0.2, 0.25) is 0 Å². The first-order valence-corrected chi connectivity index (χ1v) is 5.55. The number of nitrogens with zero attached hydrogens (tertiary/aromatic N) is 1. The molecular weight excluding hydrogens is 244 g/mol. The van der Waals surface area contributed by atoms with Crippen LogP contribution in [0, 0.1) is 5.92 Å². The van der Waals surface area contributed by atoms with E-state index in [1.54, 1.807) is 13.2 Å². The molecule has 1 rings (SSSR count). The van der Waals surface area contributed by atoms with Gasteiger partial charge in [0.05, 0.1) is 11.6 Å². The highest BCUT2D eigenvalue weighted by molar-refractivity contribution is 6.33. The number of carbonyl (C=O) groups is 1. The number of hydrogen-bond acceptors (Lipinski definition) is 4. The average molecular weight is 259 g/mol. The summed E-state index contributed by atoms with van der Waals surface area (Å²) in [5.74, 6) is -0.330. The average Bonchev–Trinajstić information content (AvgIpc) is 2.28. The monoisotopic (exact) mass is 258 g/mol. The van der Waals surface area contributed by atoms with E-state index in [1.807, 2.05) is 6.92 Å². The highest BCUT2D eigenvalue weighted by Gasteiger charge is 2.11. The highest BCUT2D eigenvalue weighted by Crippen LogP contribution is 2.16. The van der Waals surface area contributed by atoms with Crippen LogP contribution in [0.4, 0.5) is 5.82 Å². The summed E-state index contributed by atoms with van der Waals surface area (Å²) < 4.78 is 5.00. The molecule has 0 radical (unpaired) electrons. The quantitative estimate of drug-likeness (QED) is 0.818. The number of rotatable bonds is 6. The Hall–Kier alpha value is -1.33. The van der Waals surface area contributed by atoms with E-state index >= 15 is 0 Å². The molecule has 0 saturated heterocycles. The minimum Gasteiger partial charge on any atom is -0.476 e. The summed E-state index contributed by atoms with van der Waals surface area (Å²) in [7, 11) is 1.64. The van der Waals surface area contributed by atoms with Crippen LogP contribution in [0.5, 0.6) is 0 Å². The Balaban J connectivity index is 2.66. The van der Waals surface area contributed by atoms with Crippen LogP contribution >= 0.6 is 11.6 Å². The van der Waals surface area contributed by atoms with Gasteiger partial charge in [0, 0.05) is 13.7 Å². The van der Waals surface area contributed by atoms with Gasteiger partial charge in [-0.3, -0.25) is 0 Å². The molecule has 1 heterocycles. The molecule has 0 aliphatic heterocycles. The van der Waals surface area contributed by atoms with Gasteiger partial charge in [-0.15, -0.1) is 0 Å². The number of methoxy groups -OCH3 is 1. The molecule has 0 aromatic carbocycles. The van der Waals surface area contributed by atoms with Crippen molar-refractivity contribution in [2.24, 2.45) is 5.92 Å². The topological polar surface area (TPSA) is 71.5 Å². The van der Waals surface area contributed by atoms with Gasteiger partial charge in [-0.05, 0) is 18.1 Å². The van der Waals surface area contributed by atoms with Crippen molar-refractivity contribution in [3.63, 3.8) is 0 Å². The Morgan fingerprint density at radius 1 is 1.65 bits per heavy atom. The molecule has 2 N–H and O–H groups in total. The normalized spacial score (nSPS) is 12.2. The summed E-state index contributed by atoms with van der Waals surface area (Å²) in [5.41, 5.74) is -0.143. The minimum atomic E-state index is -1.14. The molecule has 0 aliphatic carbocycles. The lowest BCUT2D eigenvalue weighted by Gasteiger charge is -2.12. The summed E-state index contributed by atoms with van der Waals surface area (Å²) in [6, 6.07) is 3.16. The van der Waals surface area contributed by atoms with E-state index in [0.29, 0.717) is 24.9 Å². The van der Waals surface area contributed by atoms with Gasteiger partial charge in [-0.25, -0.2) is 9.78 Å². The second-order valence-electron chi connectivity index (χ2n) is 3.77. The molecule has 0 fully saturated rings. The first kappa shape index (κ1) is 13.7. The van der Waals surface area contributed by atoms with E-state index < -0.39 is 5.97 Å². The summed E-state index contributed by atoms with van der Waals surface area (Å²) >= 11 is 5.71. The zero-order valence-corrected chi connectivity index (χ0v) is 10.5. The number of carboxylic acid groups (broad SMARTS) is 1. The summed E-state index contributed by atoms with van der Waals surface area (Å²) in [5, 5.41) is 12.0. The molecule has 6 heteroatoms. The summed E-state index contributed by atoms with van der Waals surface area (Å²) in [6.07, 6.45) is 0. The van der Waals surface area contributed by atoms with Crippen LogP contribution in [0.25, 0.3) is 0 Å². The lowest BCUT2D eigenvalue weighted by molar-refractivity contribution is 0.0691. The smallest absolute Gasteiger partial charge is 0.356 e. The molecule has 94 valence electrons. The van der Waals surface area contributed by atoms with Crippen molar-refractivity contribution in [1.29, 1.82) is 0 Å². The molecule has 1 aromatic rings. The molecule has 0 spiro atoms. The Morgan fingerprint density at radius 3 is 2.94 bits per heavy atom. The second kappa shape index (κ2) is 6.42. The maximum Gasteiger partial charge on any atom is 0.356 e. The lowest BCUT2D eigenvalue weighted by atomic mass is 10.2. The van der Waals surface area contributed by atoms with E-state index in [1.165, 1.54) is 6.07 Å². The zero-order valence-electron chi connectivity index (χ0n) is 9.74. The first-order chi connectivity index (χ1) is 8.04. The zero-order chi connectivity index (χ0) is 12.8. The van der Waals surface area contributed by atoms with Crippen molar-refractivity contribution >= 4 is 23.4 Å². The molecule has 5 nitrogen and oxygen atoms in total. The SMILES string of the molecule is COCC(C)CNc1ccc(Cl)c(C(=O)O)n1. The molecule has 0 aliphatic rings. The summed E-state index contributed by atoms with van der Waals surface area (Å²) in [4.78, 5) is 14.7. The largest absolute Gasteiger partial charge is 0.476 e. The fourth-order valence-electron chi connectivity index (χ4n) is 1.31. The van der Waals surface area contributed by atoms with Gasteiger partial charge in [0.15, 0.2) is 5.69 Å². The highest BCUT2D eigenvalue weighted by atomic mass is 35.5. The summed E-state index contributed by atoms with van der Waals surface area (Å²) in [6.45, 7) is 3.30. The van der Waals surface area contributed by atoms with Crippen LogP contribution < -0.4 is 5.32 Å². The molecule has 1 unspecified atom stereocenters. The van der Waals surface area contributed by atoms with Crippen LogP contribution in [0.1, 0.15) is 17.4 Å². The number of halogens is 1. The lowest BCUT2D eigenvalue weighted by Crippen LogP contribution is -2.17. The molecule has 0 amide bonds.